The highest BCUT2D eigenvalue weighted by Crippen LogP contribution is 2.51. The second-order valence-corrected chi connectivity index (χ2v) is 5.43. The van der Waals surface area contributed by atoms with Gasteiger partial charge in [-0.15, -0.1) is 0 Å². The van der Waals surface area contributed by atoms with Gasteiger partial charge in [0.2, 0.25) is 5.76 Å². The van der Waals surface area contributed by atoms with Gasteiger partial charge in [-0.05, 0) is 18.2 Å². The third-order valence-electron chi connectivity index (χ3n) is 3.91. The number of benzene rings is 1. The number of carbonyl (C=O) groups is 3. The van der Waals surface area contributed by atoms with Crippen LogP contribution < -0.4 is 4.90 Å². The highest BCUT2D eigenvalue weighted by atomic mass is 35.5. The van der Waals surface area contributed by atoms with Crippen LogP contribution in [0.2, 0.25) is 5.02 Å². The van der Waals surface area contributed by atoms with E-state index in [0.29, 0.717) is 16.3 Å². The number of carbonyl (C=O) groups excluding carboxylic acids is 3. The average Bonchev–Trinajstić information content (AvgIpc) is 2.94. The van der Waals surface area contributed by atoms with Crippen LogP contribution in [0.5, 0.6) is 0 Å². The van der Waals surface area contributed by atoms with Gasteiger partial charge in [0.15, 0.2) is 0 Å². The number of likely N-dealkylation sites (N-methyl/N-ethyl adjacent to an activating group) is 1. The van der Waals surface area contributed by atoms with Crippen molar-refractivity contribution in [2.45, 2.75) is 5.60 Å². The molecule has 0 N–H and O–H groups in total. The van der Waals surface area contributed by atoms with Crippen LogP contribution >= 0.6 is 11.6 Å². The molecule has 2 aliphatic rings. The molecule has 0 aliphatic carbocycles. The number of esters is 2. The lowest BCUT2D eigenvalue weighted by Crippen LogP contribution is -2.42. The largest absolute Gasteiger partial charge is 0.489 e. The number of halogens is 1. The zero-order valence-electron chi connectivity index (χ0n) is 12.5. The molecule has 1 spiro atoms. The molecule has 1 amide bonds. The SMILES string of the molecule is COC(=O)C1=C(OC)C(=O)OC12C(=O)N(C)c1ccc(Cl)cc12. The molecule has 0 saturated carbocycles. The minimum absolute atomic E-state index is 0.287. The topological polar surface area (TPSA) is 82.1 Å². The van der Waals surface area contributed by atoms with Crippen LogP contribution in [0.15, 0.2) is 29.5 Å². The van der Waals surface area contributed by atoms with Crippen molar-refractivity contribution in [1.82, 2.24) is 0 Å². The summed E-state index contributed by atoms with van der Waals surface area (Å²) >= 11 is 6.01. The van der Waals surface area contributed by atoms with Crippen molar-refractivity contribution in [2.24, 2.45) is 0 Å². The first-order chi connectivity index (χ1) is 10.9. The number of hydrogen-bond acceptors (Lipinski definition) is 6. The van der Waals surface area contributed by atoms with E-state index in [9.17, 15) is 14.4 Å². The fourth-order valence-corrected chi connectivity index (χ4v) is 3.08. The van der Waals surface area contributed by atoms with Crippen molar-refractivity contribution in [3.63, 3.8) is 0 Å². The van der Waals surface area contributed by atoms with Gasteiger partial charge in [-0.1, -0.05) is 11.6 Å². The summed E-state index contributed by atoms with van der Waals surface area (Å²) in [5, 5.41) is 0.331. The Balaban J connectivity index is 2.36. The van der Waals surface area contributed by atoms with E-state index >= 15 is 0 Å². The Morgan fingerprint density at radius 3 is 2.61 bits per heavy atom. The molecule has 7 nitrogen and oxygen atoms in total. The number of fused-ring (bicyclic) bond motifs is 2. The van der Waals surface area contributed by atoms with Crippen LogP contribution in [-0.2, 0) is 34.2 Å². The zero-order chi connectivity index (χ0) is 16.9. The summed E-state index contributed by atoms with van der Waals surface area (Å²) in [4.78, 5) is 38.5. The monoisotopic (exact) mass is 337 g/mol. The highest BCUT2D eigenvalue weighted by Gasteiger charge is 2.64. The lowest BCUT2D eigenvalue weighted by molar-refractivity contribution is -0.158. The fraction of sp³-hybridized carbons (Fsp3) is 0.267. The highest BCUT2D eigenvalue weighted by molar-refractivity contribution is 6.31. The molecule has 1 aromatic rings. The summed E-state index contributed by atoms with van der Waals surface area (Å²) in [5.41, 5.74) is -1.46. The van der Waals surface area contributed by atoms with Crippen molar-refractivity contribution in [3.05, 3.63) is 40.1 Å². The summed E-state index contributed by atoms with van der Waals surface area (Å²) in [5.74, 6) is -2.76. The number of anilines is 1. The third kappa shape index (κ3) is 1.80. The predicted octanol–water partition coefficient (Wildman–Crippen LogP) is 1.14. The Labute approximate surface area is 136 Å². The molecule has 0 saturated heterocycles. The van der Waals surface area contributed by atoms with Gasteiger partial charge in [-0.3, -0.25) is 4.79 Å². The van der Waals surface area contributed by atoms with E-state index in [4.69, 9.17) is 25.8 Å². The van der Waals surface area contributed by atoms with E-state index in [1.165, 1.54) is 25.1 Å². The van der Waals surface area contributed by atoms with Crippen molar-refractivity contribution in [3.8, 4) is 0 Å². The fourth-order valence-electron chi connectivity index (χ4n) is 2.91. The van der Waals surface area contributed by atoms with Crippen molar-refractivity contribution >= 4 is 35.1 Å². The van der Waals surface area contributed by atoms with Crippen LogP contribution in [0.25, 0.3) is 0 Å². The van der Waals surface area contributed by atoms with Crippen LogP contribution in [0.4, 0.5) is 5.69 Å². The number of hydrogen-bond donors (Lipinski definition) is 0. The van der Waals surface area contributed by atoms with Crippen LogP contribution in [-0.4, -0.2) is 39.1 Å². The Morgan fingerprint density at radius 1 is 1.30 bits per heavy atom. The maximum Gasteiger partial charge on any atom is 0.376 e. The molecule has 8 heteroatoms. The van der Waals surface area contributed by atoms with Crippen molar-refractivity contribution in [2.75, 3.05) is 26.2 Å². The molecule has 0 fully saturated rings. The Morgan fingerprint density at radius 2 is 2.00 bits per heavy atom. The first-order valence-corrected chi connectivity index (χ1v) is 6.94. The van der Waals surface area contributed by atoms with Gasteiger partial charge >= 0.3 is 11.9 Å². The summed E-state index contributed by atoms with van der Waals surface area (Å²) in [6.07, 6.45) is 0. The Kier molecular flexibility index (Phi) is 3.33. The van der Waals surface area contributed by atoms with E-state index < -0.39 is 23.4 Å². The van der Waals surface area contributed by atoms with E-state index in [0.717, 1.165) is 7.11 Å². The molecular weight excluding hydrogens is 326 g/mol. The summed E-state index contributed by atoms with van der Waals surface area (Å²) in [6.45, 7) is 0. The molecule has 1 unspecified atom stereocenters. The molecule has 0 radical (unpaired) electrons. The maximum absolute atomic E-state index is 12.8. The van der Waals surface area contributed by atoms with Gasteiger partial charge in [0, 0.05) is 17.6 Å². The number of rotatable bonds is 2. The lowest BCUT2D eigenvalue weighted by atomic mass is 9.87. The summed E-state index contributed by atoms with van der Waals surface area (Å²) in [7, 11) is 3.86. The van der Waals surface area contributed by atoms with E-state index in [2.05, 4.69) is 0 Å². The lowest BCUT2D eigenvalue weighted by Gasteiger charge is -2.23. The van der Waals surface area contributed by atoms with Crippen LogP contribution in [0.1, 0.15) is 5.56 Å². The molecule has 0 aromatic heterocycles. The molecular formula is C15H12ClNO6. The van der Waals surface area contributed by atoms with Gasteiger partial charge < -0.3 is 19.1 Å². The molecule has 2 aliphatic heterocycles. The molecule has 23 heavy (non-hydrogen) atoms. The smallest absolute Gasteiger partial charge is 0.376 e. The number of methoxy groups -OCH3 is 2. The van der Waals surface area contributed by atoms with Crippen molar-refractivity contribution in [1.29, 1.82) is 0 Å². The van der Waals surface area contributed by atoms with E-state index in [1.54, 1.807) is 12.1 Å². The first kappa shape index (κ1) is 15.4. The van der Waals surface area contributed by atoms with Crippen molar-refractivity contribution < 1.29 is 28.6 Å². The van der Waals surface area contributed by atoms with Crippen LogP contribution in [0.3, 0.4) is 0 Å². The second kappa shape index (κ2) is 4.99. The molecule has 3 rings (SSSR count). The van der Waals surface area contributed by atoms with Gasteiger partial charge in [-0.25, -0.2) is 9.59 Å². The third-order valence-corrected chi connectivity index (χ3v) is 4.14. The zero-order valence-corrected chi connectivity index (χ0v) is 13.3. The quantitative estimate of drug-likeness (QED) is 0.753. The van der Waals surface area contributed by atoms with Crippen LogP contribution in [0, 0.1) is 0 Å². The molecule has 120 valence electrons. The minimum Gasteiger partial charge on any atom is -0.489 e. The number of ether oxygens (including phenoxy) is 3. The molecule has 2 heterocycles. The molecule has 0 bridgehead atoms. The van der Waals surface area contributed by atoms with E-state index in [1.807, 2.05) is 0 Å². The minimum atomic E-state index is -1.94. The maximum atomic E-state index is 12.8. The standard InChI is InChI=1S/C15H12ClNO6/c1-17-9-5-4-7(16)6-8(9)15(14(17)20)10(12(18)22-3)11(21-2)13(19)23-15/h4-6H,1-3H3. The second-order valence-electron chi connectivity index (χ2n) is 5.00. The molecule has 1 atom stereocenters. The van der Waals surface area contributed by atoms with Gasteiger partial charge in [0.25, 0.3) is 11.5 Å². The van der Waals surface area contributed by atoms with Gasteiger partial charge in [0.05, 0.1) is 19.9 Å². The average molecular weight is 338 g/mol. The van der Waals surface area contributed by atoms with Gasteiger partial charge in [-0.2, -0.15) is 0 Å². The Hall–Kier alpha value is -2.54. The molecule has 1 aromatic carbocycles. The summed E-state index contributed by atoms with van der Waals surface area (Å²) in [6, 6.07) is 4.68. The Bertz CT molecular complexity index is 786. The number of nitrogens with zero attached hydrogens (tertiary/aromatic N) is 1. The first-order valence-electron chi connectivity index (χ1n) is 6.57. The van der Waals surface area contributed by atoms with E-state index in [-0.39, 0.29) is 11.3 Å². The normalized spacial score (nSPS) is 22.5. The summed E-state index contributed by atoms with van der Waals surface area (Å²) < 4.78 is 15.0. The van der Waals surface area contributed by atoms with Gasteiger partial charge in [0.1, 0.15) is 5.57 Å². The number of amides is 1. The predicted molar refractivity (Wildman–Crippen MR) is 78.7 cm³/mol.